The van der Waals surface area contributed by atoms with E-state index in [0.29, 0.717) is 5.92 Å². The van der Waals surface area contributed by atoms with Crippen molar-refractivity contribution in [3.05, 3.63) is 17.5 Å². The van der Waals surface area contributed by atoms with Gasteiger partial charge in [0.2, 0.25) is 0 Å². The lowest BCUT2D eigenvalue weighted by Crippen LogP contribution is -2.13. The van der Waals surface area contributed by atoms with Crippen LogP contribution in [0.4, 0.5) is 0 Å². The molecule has 4 nitrogen and oxygen atoms in total. The van der Waals surface area contributed by atoms with Crippen molar-refractivity contribution < 1.29 is 5.11 Å². The van der Waals surface area contributed by atoms with Crippen molar-refractivity contribution in [3.63, 3.8) is 0 Å². The number of nitrogens with zero attached hydrogens (tertiary/aromatic N) is 2. The molecule has 15 heavy (non-hydrogen) atoms. The highest BCUT2D eigenvalue weighted by Crippen LogP contribution is 2.42. The molecule has 1 unspecified atom stereocenters. The van der Waals surface area contributed by atoms with Gasteiger partial charge in [-0.15, -0.1) is 0 Å². The van der Waals surface area contributed by atoms with Gasteiger partial charge in [-0.25, -0.2) is 0 Å². The predicted molar refractivity (Wildman–Crippen MR) is 58.5 cm³/mol. The highest BCUT2D eigenvalue weighted by molar-refractivity contribution is 5.28. The first-order valence-corrected chi connectivity index (χ1v) is 5.71. The van der Waals surface area contributed by atoms with Crippen molar-refractivity contribution in [1.29, 1.82) is 0 Å². The molecule has 1 aliphatic carbocycles. The van der Waals surface area contributed by atoms with Gasteiger partial charge in [-0.1, -0.05) is 6.92 Å². The van der Waals surface area contributed by atoms with Crippen molar-refractivity contribution in [3.8, 4) is 0 Å². The highest BCUT2D eigenvalue weighted by Gasteiger charge is 2.31. The van der Waals surface area contributed by atoms with Crippen molar-refractivity contribution in [1.82, 2.24) is 9.78 Å². The van der Waals surface area contributed by atoms with Gasteiger partial charge in [0.1, 0.15) is 0 Å². The van der Waals surface area contributed by atoms with E-state index in [1.165, 1.54) is 18.5 Å². The maximum absolute atomic E-state index is 9.79. The minimum Gasteiger partial charge on any atom is -0.387 e. The van der Waals surface area contributed by atoms with Crippen LogP contribution in [0.15, 0.2) is 6.20 Å². The van der Waals surface area contributed by atoms with Crippen LogP contribution in [0.1, 0.15) is 49.5 Å². The summed E-state index contributed by atoms with van der Waals surface area (Å²) in [6.07, 6.45) is 4.74. The van der Waals surface area contributed by atoms with E-state index in [1.807, 2.05) is 4.68 Å². The van der Waals surface area contributed by atoms with E-state index in [1.54, 1.807) is 6.20 Å². The number of aliphatic hydroxyl groups is 1. The molecular weight excluding hydrogens is 190 g/mol. The zero-order chi connectivity index (χ0) is 10.8. The van der Waals surface area contributed by atoms with Crippen LogP contribution in [-0.2, 0) is 6.54 Å². The molecule has 1 aromatic heterocycles. The molecule has 0 saturated heterocycles. The van der Waals surface area contributed by atoms with Crippen LogP contribution in [0.25, 0.3) is 0 Å². The number of aryl methyl sites for hydroxylation is 1. The SMILES string of the molecule is CCCn1ncc(C(O)CN)c1C1CC1. The molecule has 1 saturated carbocycles. The monoisotopic (exact) mass is 209 g/mol. The summed E-state index contributed by atoms with van der Waals surface area (Å²) in [6, 6.07) is 0. The van der Waals surface area contributed by atoms with Gasteiger partial charge in [0.05, 0.1) is 12.3 Å². The predicted octanol–water partition coefficient (Wildman–Crippen LogP) is 1.16. The number of hydrogen-bond donors (Lipinski definition) is 2. The molecule has 1 aromatic rings. The molecule has 0 bridgehead atoms. The summed E-state index contributed by atoms with van der Waals surface area (Å²) >= 11 is 0. The summed E-state index contributed by atoms with van der Waals surface area (Å²) in [5, 5.41) is 14.1. The second-order valence-corrected chi connectivity index (χ2v) is 4.23. The first-order chi connectivity index (χ1) is 7.27. The van der Waals surface area contributed by atoms with Gasteiger partial charge in [0.15, 0.2) is 0 Å². The summed E-state index contributed by atoms with van der Waals surface area (Å²) in [5.41, 5.74) is 7.65. The fourth-order valence-electron chi connectivity index (χ4n) is 1.99. The Hall–Kier alpha value is -0.870. The van der Waals surface area contributed by atoms with Crippen LogP contribution in [0.2, 0.25) is 0 Å². The number of hydrogen-bond acceptors (Lipinski definition) is 3. The first kappa shape index (κ1) is 10.6. The Morgan fingerprint density at radius 2 is 2.40 bits per heavy atom. The summed E-state index contributed by atoms with van der Waals surface area (Å²) in [4.78, 5) is 0. The van der Waals surface area contributed by atoms with Gasteiger partial charge in [-0.2, -0.15) is 5.10 Å². The largest absolute Gasteiger partial charge is 0.387 e. The van der Waals surface area contributed by atoms with E-state index in [4.69, 9.17) is 5.73 Å². The fourth-order valence-corrected chi connectivity index (χ4v) is 1.99. The van der Waals surface area contributed by atoms with Crippen molar-refractivity contribution in [2.45, 2.75) is 44.8 Å². The van der Waals surface area contributed by atoms with Gasteiger partial charge in [-0.3, -0.25) is 4.68 Å². The fraction of sp³-hybridized carbons (Fsp3) is 0.727. The third-order valence-corrected chi connectivity index (χ3v) is 2.89. The molecule has 3 N–H and O–H groups in total. The van der Waals surface area contributed by atoms with Crippen molar-refractivity contribution >= 4 is 0 Å². The first-order valence-electron chi connectivity index (χ1n) is 5.71. The zero-order valence-electron chi connectivity index (χ0n) is 9.19. The Balaban J connectivity index is 2.29. The molecule has 0 amide bonds. The summed E-state index contributed by atoms with van der Waals surface area (Å²) in [5.74, 6) is 0.607. The quantitative estimate of drug-likeness (QED) is 0.765. The second kappa shape index (κ2) is 4.33. The molecular formula is C11H19N3O. The van der Waals surface area contributed by atoms with E-state index in [2.05, 4.69) is 12.0 Å². The maximum atomic E-state index is 9.79. The minimum absolute atomic E-state index is 0.275. The normalized spacial score (nSPS) is 18.1. The lowest BCUT2D eigenvalue weighted by molar-refractivity contribution is 0.185. The average Bonchev–Trinajstić information content (AvgIpc) is 3.00. The summed E-state index contributed by atoms with van der Waals surface area (Å²) < 4.78 is 2.03. The molecule has 4 heteroatoms. The smallest absolute Gasteiger partial charge is 0.0945 e. The van der Waals surface area contributed by atoms with Crippen molar-refractivity contribution in [2.75, 3.05) is 6.54 Å². The lowest BCUT2D eigenvalue weighted by Gasteiger charge is -2.11. The molecule has 1 fully saturated rings. The lowest BCUT2D eigenvalue weighted by atomic mass is 10.1. The third-order valence-electron chi connectivity index (χ3n) is 2.89. The van der Waals surface area contributed by atoms with E-state index < -0.39 is 6.10 Å². The van der Waals surface area contributed by atoms with Gasteiger partial charge in [0.25, 0.3) is 0 Å². The standard InChI is InChI=1S/C11H19N3O/c1-2-5-14-11(8-3-4-8)9(7-13-14)10(15)6-12/h7-8,10,15H,2-6,12H2,1H3. The molecule has 1 aliphatic rings. The number of aliphatic hydroxyl groups excluding tert-OH is 1. The van der Waals surface area contributed by atoms with Gasteiger partial charge >= 0.3 is 0 Å². The molecule has 0 radical (unpaired) electrons. The van der Waals surface area contributed by atoms with Crippen LogP contribution in [-0.4, -0.2) is 21.4 Å². The minimum atomic E-state index is -0.550. The highest BCUT2D eigenvalue weighted by atomic mass is 16.3. The van der Waals surface area contributed by atoms with Crippen LogP contribution in [0.3, 0.4) is 0 Å². The molecule has 0 aromatic carbocycles. The Morgan fingerprint density at radius 1 is 1.67 bits per heavy atom. The van der Waals surface area contributed by atoms with E-state index in [0.717, 1.165) is 18.5 Å². The second-order valence-electron chi connectivity index (χ2n) is 4.23. The number of rotatable bonds is 5. The van der Waals surface area contributed by atoms with E-state index in [-0.39, 0.29) is 6.54 Å². The zero-order valence-corrected chi connectivity index (χ0v) is 9.19. The molecule has 1 heterocycles. The van der Waals surface area contributed by atoms with Crippen LogP contribution < -0.4 is 5.73 Å². The third kappa shape index (κ3) is 2.06. The molecule has 0 aliphatic heterocycles. The molecule has 84 valence electrons. The Bertz CT molecular complexity index is 331. The van der Waals surface area contributed by atoms with Crippen LogP contribution in [0.5, 0.6) is 0 Å². The average molecular weight is 209 g/mol. The van der Waals surface area contributed by atoms with Gasteiger partial charge in [-0.05, 0) is 19.3 Å². The summed E-state index contributed by atoms with van der Waals surface area (Å²) in [6.45, 7) is 3.35. The topological polar surface area (TPSA) is 64.1 Å². The Kier molecular flexibility index (Phi) is 3.07. The van der Waals surface area contributed by atoms with Gasteiger partial charge < -0.3 is 10.8 Å². The van der Waals surface area contributed by atoms with Crippen LogP contribution in [0, 0.1) is 0 Å². The van der Waals surface area contributed by atoms with Crippen LogP contribution >= 0.6 is 0 Å². The number of nitrogens with two attached hydrogens (primary N) is 1. The van der Waals surface area contributed by atoms with Crippen molar-refractivity contribution in [2.24, 2.45) is 5.73 Å². The molecule has 1 atom stereocenters. The maximum Gasteiger partial charge on any atom is 0.0945 e. The molecule has 0 spiro atoms. The van der Waals surface area contributed by atoms with Gasteiger partial charge in [0, 0.05) is 30.3 Å². The summed E-state index contributed by atoms with van der Waals surface area (Å²) in [7, 11) is 0. The number of aromatic nitrogens is 2. The Morgan fingerprint density at radius 3 is 2.93 bits per heavy atom. The van der Waals surface area contributed by atoms with E-state index >= 15 is 0 Å². The van der Waals surface area contributed by atoms with E-state index in [9.17, 15) is 5.11 Å². The Labute approximate surface area is 90.1 Å². The molecule has 2 rings (SSSR count).